The van der Waals surface area contributed by atoms with Gasteiger partial charge in [-0.15, -0.1) is 0 Å². The molecular weight excluding hydrogens is 521 g/mol. The highest BCUT2D eigenvalue weighted by atomic mass is 19.4. The summed E-state index contributed by atoms with van der Waals surface area (Å²) >= 11 is 0. The molecule has 1 saturated carbocycles. The molecule has 0 amide bonds. The first-order valence-corrected chi connectivity index (χ1v) is 13.1. The fourth-order valence-corrected chi connectivity index (χ4v) is 4.80. The van der Waals surface area contributed by atoms with Gasteiger partial charge in [-0.3, -0.25) is 4.98 Å². The van der Waals surface area contributed by atoms with Crippen LogP contribution in [-0.4, -0.2) is 41.6 Å². The minimum atomic E-state index is -4.45. The Kier molecular flexibility index (Phi) is 7.31. The number of imidazole rings is 1. The largest absolute Gasteiger partial charge is 0.475 e. The number of carboxylic acid groups (broad SMARTS) is 1. The minimum absolute atomic E-state index is 0.0187. The topological polar surface area (TPSA) is 106 Å². The van der Waals surface area contributed by atoms with Gasteiger partial charge in [0.1, 0.15) is 11.2 Å². The fourth-order valence-electron chi connectivity index (χ4n) is 4.80. The Hall–Kier alpha value is -4.28. The molecule has 3 aromatic heterocycles. The highest BCUT2D eigenvalue weighted by Crippen LogP contribution is 2.34. The van der Waals surface area contributed by atoms with Gasteiger partial charge in [-0.1, -0.05) is 24.6 Å². The Morgan fingerprint density at radius 2 is 1.90 bits per heavy atom. The average molecular weight is 551 g/mol. The van der Waals surface area contributed by atoms with E-state index in [2.05, 4.69) is 20.3 Å². The molecule has 40 heavy (non-hydrogen) atoms. The molecule has 1 aliphatic rings. The van der Waals surface area contributed by atoms with Gasteiger partial charge in [0, 0.05) is 18.8 Å². The minimum Gasteiger partial charge on any atom is -0.475 e. The summed E-state index contributed by atoms with van der Waals surface area (Å²) in [6.07, 6.45) is 2.44. The van der Waals surface area contributed by atoms with Crippen LogP contribution >= 0.6 is 0 Å². The lowest BCUT2D eigenvalue weighted by molar-refractivity contribution is -0.137. The third-order valence-electron chi connectivity index (χ3n) is 7.51. The zero-order chi connectivity index (χ0) is 28.6. The van der Waals surface area contributed by atoms with Crippen LogP contribution in [0.3, 0.4) is 0 Å². The quantitative estimate of drug-likeness (QED) is 0.252. The van der Waals surface area contributed by atoms with Crippen molar-refractivity contribution in [3.8, 4) is 11.5 Å². The van der Waals surface area contributed by atoms with E-state index in [1.807, 2.05) is 39.0 Å². The molecule has 1 atom stereocenters. The predicted molar refractivity (Wildman–Crippen MR) is 146 cm³/mol. The van der Waals surface area contributed by atoms with E-state index in [0.29, 0.717) is 34.3 Å². The third kappa shape index (κ3) is 5.41. The van der Waals surface area contributed by atoms with Gasteiger partial charge in [0.05, 0.1) is 5.56 Å². The van der Waals surface area contributed by atoms with Crippen molar-refractivity contribution in [1.82, 2.24) is 24.5 Å². The molecule has 0 saturated heterocycles. The summed E-state index contributed by atoms with van der Waals surface area (Å²) < 4.78 is 41.4. The lowest BCUT2D eigenvalue weighted by atomic mass is 9.80. The Balaban J connectivity index is 1.70. The van der Waals surface area contributed by atoms with Crippen molar-refractivity contribution in [2.75, 3.05) is 5.32 Å². The number of pyridine rings is 1. The van der Waals surface area contributed by atoms with Crippen LogP contribution in [0.1, 0.15) is 67.3 Å². The number of nitrogens with one attached hydrogen (secondary N) is 1. The molecule has 3 heterocycles. The number of fused-ring (bicyclic) bond motifs is 1. The monoisotopic (exact) mass is 550 g/mol. The predicted octanol–water partition coefficient (Wildman–Crippen LogP) is 6.68. The summed E-state index contributed by atoms with van der Waals surface area (Å²) in [4.78, 5) is 29.7. The number of rotatable bonds is 8. The molecular formula is C29H29F3N6O2. The van der Waals surface area contributed by atoms with Gasteiger partial charge < -0.3 is 15.0 Å². The summed E-state index contributed by atoms with van der Waals surface area (Å²) in [5, 5.41) is 13.1. The van der Waals surface area contributed by atoms with Crippen LogP contribution in [-0.2, 0) is 12.7 Å². The Labute approximate surface area is 229 Å². The summed E-state index contributed by atoms with van der Waals surface area (Å²) in [5.74, 6) is -0.548. The molecule has 0 spiro atoms. The number of carbonyl (C=O) groups is 1. The lowest BCUT2D eigenvalue weighted by Gasteiger charge is -2.32. The zero-order valence-corrected chi connectivity index (χ0v) is 22.3. The lowest BCUT2D eigenvalue weighted by Crippen LogP contribution is -2.31. The molecule has 5 rings (SSSR count). The fraction of sp³-hybridized carbons (Fsp3) is 0.345. The molecule has 11 heteroatoms. The Bertz CT molecular complexity index is 1590. The van der Waals surface area contributed by atoms with Gasteiger partial charge in [0.15, 0.2) is 17.3 Å². The highest BCUT2D eigenvalue weighted by molar-refractivity contribution is 5.92. The molecule has 0 radical (unpaired) electrons. The molecule has 1 aliphatic carbocycles. The summed E-state index contributed by atoms with van der Waals surface area (Å²) in [6, 6.07) is 8.68. The van der Waals surface area contributed by atoms with Crippen molar-refractivity contribution in [2.45, 2.75) is 58.8 Å². The molecule has 4 aromatic rings. The van der Waals surface area contributed by atoms with E-state index in [1.54, 1.807) is 10.8 Å². The molecule has 8 nitrogen and oxygen atoms in total. The molecule has 1 aromatic carbocycles. The maximum atomic E-state index is 13.2. The molecule has 208 valence electrons. The smallest absolute Gasteiger partial charge is 0.416 e. The number of aromatic nitrogens is 5. The van der Waals surface area contributed by atoms with E-state index in [1.165, 1.54) is 12.1 Å². The van der Waals surface area contributed by atoms with E-state index in [-0.39, 0.29) is 18.2 Å². The first-order chi connectivity index (χ1) is 19.0. The van der Waals surface area contributed by atoms with Gasteiger partial charge in [0.25, 0.3) is 0 Å². The summed E-state index contributed by atoms with van der Waals surface area (Å²) in [7, 11) is 0. The number of aromatic carboxylic acids is 1. The van der Waals surface area contributed by atoms with Crippen LogP contribution in [0.25, 0.3) is 28.3 Å². The van der Waals surface area contributed by atoms with Crippen LogP contribution in [0.4, 0.5) is 19.0 Å². The van der Waals surface area contributed by atoms with Crippen molar-refractivity contribution < 1.29 is 23.1 Å². The van der Waals surface area contributed by atoms with Crippen molar-refractivity contribution in [3.63, 3.8) is 0 Å². The maximum Gasteiger partial charge on any atom is 0.416 e. The van der Waals surface area contributed by atoms with Gasteiger partial charge >= 0.3 is 12.1 Å². The van der Waals surface area contributed by atoms with E-state index in [4.69, 9.17) is 4.98 Å². The van der Waals surface area contributed by atoms with Crippen molar-refractivity contribution in [1.29, 1.82) is 0 Å². The van der Waals surface area contributed by atoms with Crippen molar-refractivity contribution in [2.24, 2.45) is 5.92 Å². The number of nitrogens with zero attached hydrogens (tertiary/aromatic N) is 5. The number of alkyl halides is 3. The highest BCUT2D eigenvalue weighted by Gasteiger charge is 2.30. The maximum absolute atomic E-state index is 13.2. The molecule has 1 fully saturated rings. The first-order valence-electron chi connectivity index (χ1n) is 13.1. The second kappa shape index (κ2) is 10.7. The van der Waals surface area contributed by atoms with Gasteiger partial charge in [-0.25, -0.2) is 19.7 Å². The van der Waals surface area contributed by atoms with Crippen LogP contribution in [0.2, 0.25) is 0 Å². The SMILES string of the molecule is C/C=C(/C)c1ccnc(-c2nc3nc(C(=O)O)nc(N[C@H](C)C4CCC4)c3n2Cc2ccc(C(F)(F)F)cc2)c1. The van der Waals surface area contributed by atoms with Crippen LogP contribution in [0.5, 0.6) is 0 Å². The molecule has 2 N–H and O–H groups in total. The first kappa shape index (κ1) is 27.3. The normalized spacial score (nSPS) is 15.2. The van der Waals surface area contributed by atoms with Crippen molar-refractivity contribution in [3.05, 3.63) is 71.2 Å². The van der Waals surface area contributed by atoms with E-state index in [0.717, 1.165) is 42.5 Å². The number of hydrogen-bond acceptors (Lipinski definition) is 6. The molecule has 0 unspecified atom stereocenters. The second-order valence-corrected chi connectivity index (χ2v) is 10.1. The number of benzene rings is 1. The van der Waals surface area contributed by atoms with Crippen LogP contribution < -0.4 is 5.32 Å². The standard InChI is InChI=1S/C29H29F3N6O2/c1-4-16(2)20-12-13-33-22(14-20)27-37-25-23(38(27)15-18-8-10-21(11-9-18)29(30,31)32)24(35-26(36-25)28(39)40)34-17(3)19-6-5-7-19/h4,8-14,17,19H,5-7,15H2,1-3H3,(H,39,40)(H,34,35,36)/b16-4-/t17-/m1/s1. The Morgan fingerprint density at radius 1 is 1.18 bits per heavy atom. The van der Waals surface area contributed by atoms with E-state index < -0.39 is 23.5 Å². The third-order valence-corrected chi connectivity index (χ3v) is 7.51. The van der Waals surface area contributed by atoms with Crippen molar-refractivity contribution >= 4 is 28.5 Å². The summed E-state index contributed by atoms with van der Waals surface area (Å²) in [6.45, 7) is 6.07. The van der Waals surface area contributed by atoms with Crippen LogP contribution in [0.15, 0.2) is 48.7 Å². The van der Waals surface area contributed by atoms with E-state index in [9.17, 15) is 23.1 Å². The Morgan fingerprint density at radius 3 is 2.50 bits per heavy atom. The van der Waals surface area contributed by atoms with Gasteiger partial charge in [-0.05, 0) is 80.5 Å². The average Bonchev–Trinajstić information content (AvgIpc) is 3.25. The number of hydrogen-bond donors (Lipinski definition) is 2. The number of allylic oxidation sites excluding steroid dienone is 2. The summed E-state index contributed by atoms with van der Waals surface area (Å²) in [5.41, 5.74) is 2.93. The molecule has 0 aliphatic heterocycles. The number of carboxylic acids is 1. The van der Waals surface area contributed by atoms with Gasteiger partial charge in [0.2, 0.25) is 5.82 Å². The second-order valence-electron chi connectivity index (χ2n) is 10.1. The number of halogens is 3. The number of anilines is 1. The zero-order valence-electron chi connectivity index (χ0n) is 22.3. The van der Waals surface area contributed by atoms with E-state index >= 15 is 0 Å². The van der Waals surface area contributed by atoms with Gasteiger partial charge in [-0.2, -0.15) is 13.2 Å². The van der Waals surface area contributed by atoms with Crippen LogP contribution in [0, 0.1) is 5.92 Å². The molecule has 0 bridgehead atoms.